The Hall–Kier alpha value is -3.79. The Morgan fingerprint density at radius 3 is 2.46 bits per heavy atom. The van der Waals surface area contributed by atoms with Crippen LogP contribution < -0.4 is 20.1 Å². The van der Waals surface area contributed by atoms with Gasteiger partial charge in [0.05, 0.1) is 31.1 Å². The summed E-state index contributed by atoms with van der Waals surface area (Å²) in [4.78, 5) is 25.1. The van der Waals surface area contributed by atoms with Crippen molar-refractivity contribution < 1.29 is 19.1 Å². The van der Waals surface area contributed by atoms with E-state index in [0.717, 1.165) is 5.75 Å². The van der Waals surface area contributed by atoms with Gasteiger partial charge in [0.15, 0.2) is 5.16 Å². The number of benzene rings is 2. The quantitative estimate of drug-likeness (QED) is 0.271. The number of hydrogen-bond donors (Lipinski definition) is 2. The largest absolute Gasteiger partial charge is 0.494 e. The van der Waals surface area contributed by atoms with E-state index in [-0.39, 0.29) is 24.0 Å². The van der Waals surface area contributed by atoms with Gasteiger partial charge in [-0.2, -0.15) is 0 Å². The maximum absolute atomic E-state index is 12.6. The lowest BCUT2D eigenvalue weighted by atomic mass is 10.3. The fourth-order valence-corrected chi connectivity index (χ4v) is 3.95. The van der Waals surface area contributed by atoms with Crippen LogP contribution in [-0.2, 0) is 22.6 Å². The van der Waals surface area contributed by atoms with E-state index in [0.29, 0.717) is 47.9 Å². The van der Waals surface area contributed by atoms with Crippen LogP contribution in [0.3, 0.4) is 0 Å². The Labute approximate surface area is 208 Å². The van der Waals surface area contributed by atoms with E-state index in [1.54, 1.807) is 47.0 Å². The van der Waals surface area contributed by atoms with Crippen LogP contribution in [0.2, 0.25) is 0 Å². The van der Waals surface area contributed by atoms with E-state index in [2.05, 4.69) is 27.4 Å². The molecule has 10 heteroatoms. The normalized spacial score (nSPS) is 10.5. The van der Waals surface area contributed by atoms with Crippen LogP contribution in [0.25, 0.3) is 0 Å². The molecule has 184 valence electrons. The zero-order valence-electron chi connectivity index (χ0n) is 19.8. The van der Waals surface area contributed by atoms with E-state index >= 15 is 0 Å². The molecule has 9 nitrogen and oxygen atoms in total. The second-order valence-corrected chi connectivity index (χ2v) is 8.19. The second-order valence-electron chi connectivity index (χ2n) is 7.25. The van der Waals surface area contributed by atoms with Gasteiger partial charge < -0.3 is 24.7 Å². The number of aromatic nitrogens is 3. The SMILES string of the molecule is C=CCn1c(CC(=O)Nc2ccc(OCC)cc2)nnc1SCC(=O)Nc1ccccc1OCC. The van der Waals surface area contributed by atoms with Gasteiger partial charge in [0, 0.05) is 12.2 Å². The summed E-state index contributed by atoms with van der Waals surface area (Å²) in [7, 11) is 0. The molecular formula is C25H29N5O4S. The molecule has 0 aliphatic heterocycles. The standard InChI is InChI=1S/C25H29N5O4S/c1-4-15-30-22(16-23(31)26-18-11-13-19(14-12-18)33-5-2)28-29-25(30)35-17-24(32)27-20-9-7-8-10-21(20)34-6-3/h4,7-14H,1,5-6,15-17H2,2-3H3,(H,26,31)(H,27,32). The maximum Gasteiger partial charge on any atom is 0.234 e. The third kappa shape index (κ3) is 7.61. The predicted molar refractivity (Wildman–Crippen MR) is 137 cm³/mol. The second kappa shape index (κ2) is 13.2. The number of allylic oxidation sites excluding steroid dienone is 1. The smallest absolute Gasteiger partial charge is 0.234 e. The van der Waals surface area contributed by atoms with Crippen molar-refractivity contribution in [2.45, 2.75) is 32.0 Å². The highest BCUT2D eigenvalue weighted by molar-refractivity contribution is 7.99. The summed E-state index contributed by atoms with van der Waals surface area (Å²) in [5.41, 5.74) is 1.27. The number of anilines is 2. The molecule has 3 aromatic rings. The van der Waals surface area contributed by atoms with Crippen LogP contribution in [0.4, 0.5) is 11.4 Å². The number of nitrogens with one attached hydrogen (secondary N) is 2. The molecule has 0 bridgehead atoms. The van der Waals surface area contributed by atoms with Crippen molar-refractivity contribution >= 4 is 35.0 Å². The topological polar surface area (TPSA) is 107 Å². The van der Waals surface area contributed by atoms with Gasteiger partial charge in [0.25, 0.3) is 0 Å². The molecule has 0 saturated heterocycles. The van der Waals surface area contributed by atoms with Gasteiger partial charge in [-0.05, 0) is 50.2 Å². The number of hydrogen-bond acceptors (Lipinski definition) is 7. The Kier molecular flexibility index (Phi) is 9.73. The molecule has 0 saturated carbocycles. The Balaban J connectivity index is 1.60. The molecule has 0 unspecified atom stereocenters. The van der Waals surface area contributed by atoms with Crippen molar-refractivity contribution in [3.8, 4) is 11.5 Å². The van der Waals surface area contributed by atoms with E-state index < -0.39 is 0 Å². The Morgan fingerprint density at radius 2 is 1.74 bits per heavy atom. The number of nitrogens with zero attached hydrogens (tertiary/aromatic N) is 3. The number of carbonyl (C=O) groups is 2. The molecule has 0 spiro atoms. The van der Waals surface area contributed by atoms with Crippen LogP contribution in [0.5, 0.6) is 11.5 Å². The number of thioether (sulfide) groups is 1. The van der Waals surface area contributed by atoms with Gasteiger partial charge in [-0.15, -0.1) is 16.8 Å². The summed E-state index contributed by atoms with van der Waals surface area (Å²) >= 11 is 1.23. The molecule has 0 aliphatic carbocycles. The van der Waals surface area contributed by atoms with Gasteiger partial charge >= 0.3 is 0 Å². The minimum atomic E-state index is -0.228. The van der Waals surface area contributed by atoms with E-state index in [1.807, 2.05) is 26.0 Å². The Morgan fingerprint density at radius 1 is 1.00 bits per heavy atom. The lowest BCUT2D eigenvalue weighted by Gasteiger charge is -2.11. The number of carbonyl (C=O) groups excluding carboxylic acids is 2. The highest BCUT2D eigenvalue weighted by atomic mass is 32.2. The highest BCUT2D eigenvalue weighted by Gasteiger charge is 2.17. The van der Waals surface area contributed by atoms with E-state index in [1.165, 1.54) is 11.8 Å². The number of ether oxygens (including phenoxy) is 2. The lowest BCUT2D eigenvalue weighted by molar-refractivity contribution is -0.116. The van der Waals surface area contributed by atoms with Gasteiger partial charge in [0.2, 0.25) is 11.8 Å². The summed E-state index contributed by atoms with van der Waals surface area (Å²) in [6.07, 6.45) is 1.72. The summed E-state index contributed by atoms with van der Waals surface area (Å²) in [6.45, 7) is 9.06. The first-order valence-corrected chi connectivity index (χ1v) is 12.2. The molecular weight excluding hydrogens is 466 g/mol. The van der Waals surface area contributed by atoms with Crippen LogP contribution in [0, 0.1) is 0 Å². The molecule has 1 heterocycles. The van der Waals surface area contributed by atoms with Crippen molar-refractivity contribution in [3.05, 3.63) is 67.0 Å². The fourth-order valence-electron chi connectivity index (χ4n) is 3.19. The number of para-hydroxylation sites is 2. The zero-order valence-corrected chi connectivity index (χ0v) is 20.6. The molecule has 2 N–H and O–H groups in total. The summed E-state index contributed by atoms with van der Waals surface area (Å²) in [5.74, 6) is 1.53. The molecule has 0 aliphatic rings. The molecule has 0 atom stereocenters. The van der Waals surface area contributed by atoms with Crippen molar-refractivity contribution in [3.63, 3.8) is 0 Å². The third-order valence-electron chi connectivity index (χ3n) is 4.67. The van der Waals surface area contributed by atoms with Gasteiger partial charge in [-0.1, -0.05) is 30.0 Å². The average Bonchev–Trinajstić information content (AvgIpc) is 3.22. The molecule has 2 aromatic carbocycles. The molecule has 0 fully saturated rings. The number of rotatable bonds is 13. The summed E-state index contributed by atoms with van der Waals surface area (Å²) in [5, 5.41) is 14.6. The monoisotopic (exact) mass is 495 g/mol. The van der Waals surface area contributed by atoms with Crippen molar-refractivity contribution in [2.24, 2.45) is 0 Å². The zero-order chi connectivity index (χ0) is 25.0. The lowest BCUT2D eigenvalue weighted by Crippen LogP contribution is -2.18. The van der Waals surface area contributed by atoms with Crippen molar-refractivity contribution in [1.82, 2.24) is 14.8 Å². The van der Waals surface area contributed by atoms with Crippen LogP contribution in [0.1, 0.15) is 19.7 Å². The van der Waals surface area contributed by atoms with Crippen molar-refractivity contribution in [2.75, 3.05) is 29.6 Å². The Bertz CT molecular complexity index is 1150. The molecule has 3 rings (SSSR count). The minimum Gasteiger partial charge on any atom is -0.494 e. The first kappa shape index (κ1) is 25.8. The van der Waals surface area contributed by atoms with Crippen LogP contribution in [0.15, 0.2) is 66.3 Å². The number of amides is 2. The average molecular weight is 496 g/mol. The van der Waals surface area contributed by atoms with E-state index in [4.69, 9.17) is 9.47 Å². The molecule has 2 amide bonds. The molecule has 1 aromatic heterocycles. The third-order valence-corrected chi connectivity index (χ3v) is 5.63. The van der Waals surface area contributed by atoms with Gasteiger partial charge in [0.1, 0.15) is 17.3 Å². The summed E-state index contributed by atoms with van der Waals surface area (Å²) in [6, 6.07) is 14.4. The first-order chi connectivity index (χ1) is 17.0. The summed E-state index contributed by atoms with van der Waals surface area (Å²) < 4.78 is 12.7. The van der Waals surface area contributed by atoms with Crippen LogP contribution >= 0.6 is 11.8 Å². The fraction of sp³-hybridized carbons (Fsp3) is 0.280. The molecule has 0 radical (unpaired) electrons. The molecule has 35 heavy (non-hydrogen) atoms. The van der Waals surface area contributed by atoms with Crippen LogP contribution in [-0.4, -0.2) is 45.5 Å². The predicted octanol–water partition coefficient (Wildman–Crippen LogP) is 4.17. The van der Waals surface area contributed by atoms with Crippen molar-refractivity contribution in [1.29, 1.82) is 0 Å². The van der Waals surface area contributed by atoms with Gasteiger partial charge in [-0.25, -0.2) is 0 Å². The minimum absolute atomic E-state index is 0.0303. The first-order valence-electron chi connectivity index (χ1n) is 11.2. The maximum atomic E-state index is 12.6. The highest BCUT2D eigenvalue weighted by Crippen LogP contribution is 2.25. The van der Waals surface area contributed by atoms with E-state index in [9.17, 15) is 9.59 Å². The van der Waals surface area contributed by atoms with Gasteiger partial charge in [-0.3, -0.25) is 9.59 Å².